The van der Waals surface area contributed by atoms with E-state index >= 15 is 0 Å². The summed E-state index contributed by atoms with van der Waals surface area (Å²) >= 11 is 1.78. The van der Waals surface area contributed by atoms with E-state index < -0.39 is 0 Å². The monoisotopic (exact) mass is 234 g/mol. The molecule has 1 aromatic rings. The normalized spacial score (nSPS) is 15.2. The van der Waals surface area contributed by atoms with Crippen molar-refractivity contribution < 1.29 is 0 Å². The molecule has 3 heteroatoms. The molecule has 1 saturated carbocycles. The van der Waals surface area contributed by atoms with Crippen LogP contribution in [0.1, 0.15) is 37.7 Å². The summed E-state index contributed by atoms with van der Waals surface area (Å²) in [5, 5.41) is 12.9. The van der Waals surface area contributed by atoms with Crippen molar-refractivity contribution >= 4 is 11.3 Å². The second-order valence-electron chi connectivity index (χ2n) is 4.45. The van der Waals surface area contributed by atoms with Gasteiger partial charge in [-0.2, -0.15) is 16.6 Å². The SMILES string of the molecule is N#CCCCCN(Cc1ccsc1)C1CC1. The number of rotatable bonds is 7. The Morgan fingerprint density at radius 1 is 1.44 bits per heavy atom. The fraction of sp³-hybridized carbons (Fsp3) is 0.615. The van der Waals surface area contributed by atoms with Crippen molar-refractivity contribution in [1.29, 1.82) is 5.26 Å². The number of unbranched alkanes of at least 4 members (excludes halogenated alkanes) is 2. The molecule has 0 aromatic carbocycles. The molecule has 0 N–H and O–H groups in total. The van der Waals surface area contributed by atoms with E-state index in [1.54, 1.807) is 11.3 Å². The molecule has 16 heavy (non-hydrogen) atoms. The molecule has 1 fully saturated rings. The van der Waals surface area contributed by atoms with Crippen molar-refractivity contribution in [3.05, 3.63) is 22.4 Å². The number of hydrogen-bond donors (Lipinski definition) is 0. The van der Waals surface area contributed by atoms with Crippen LogP contribution in [0.15, 0.2) is 16.8 Å². The van der Waals surface area contributed by atoms with Gasteiger partial charge in [0.1, 0.15) is 0 Å². The third-order valence-electron chi connectivity index (χ3n) is 3.01. The van der Waals surface area contributed by atoms with Gasteiger partial charge in [-0.3, -0.25) is 4.90 Å². The molecule has 2 nitrogen and oxygen atoms in total. The zero-order chi connectivity index (χ0) is 11.2. The molecule has 0 atom stereocenters. The maximum absolute atomic E-state index is 8.50. The summed E-state index contributed by atoms with van der Waals surface area (Å²) in [6.07, 6.45) is 5.64. The lowest BCUT2D eigenvalue weighted by molar-refractivity contribution is 0.250. The quantitative estimate of drug-likeness (QED) is 0.676. The summed E-state index contributed by atoms with van der Waals surface area (Å²) in [5.74, 6) is 0. The molecular formula is C13H18N2S. The lowest BCUT2D eigenvalue weighted by Crippen LogP contribution is -2.26. The summed E-state index contributed by atoms with van der Waals surface area (Å²) < 4.78 is 0. The Hall–Kier alpha value is -0.850. The Morgan fingerprint density at radius 2 is 2.31 bits per heavy atom. The number of thiophene rings is 1. The molecule has 2 rings (SSSR count). The van der Waals surface area contributed by atoms with Crippen LogP contribution in [0.25, 0.3) is 0 Å². The molecule has 0 unspecified atom stereocenters. The topological polar surface area (TPSA) is 27.0 Å². The number of hydrogen-bond acceptors (Lipinski definition) is 3. The standard InChI is InChI=1S/C13H18N2S/c14-7-2-1-3-8-15(13-4-5-13)10-12-6-9-16-11-12/h6,9,11,13H,1-5,8,10H2. The highest BCUT2D eigenvalue weighted by atomic mass is 32.1. The molecule has 1 aliphatic carbocycles. The van der Waals surface area contributed by atoms with Crippen LogP contribution in [0, 0.1) is 11.3 Å². The average molecular weight is 234 g/mol. The zero-order valence-electron chi connectivity index (χ0n) is 9.56. The van der Waals surface area contributed by atoms with Crippen LogP contribution in [0.2, 0.25) is 0 Å². The van der Waals surface area contributed by atoms with E-state index in [4.69, 9.17) is 5.26 Å². The second kappa shape index (κ2) is 6.03. The zero-order valence-corrected chi connectivity index (χ0v) is 10.4. The molecule has 0 spiro atoms. The van der Waals surface area contributed by atoms with Crippen LogP contribution in [0.5, 0.6) is 0 Å². The third-order valence-corrected chi connectivity index (χ3v) is 3.74. The van der Waals surface area contributed by atoms with Gasteiger partial charge in [-0.15, -0.1) is 0 Å². The molecule has 1 aromatic heterocycles. The number of nitriles is 1. The Balaban J connectivity index is 1.75. The Bertz CT molecular complexity index is 335. The van der Waals surface area contributed by atoms with Crippen LogP contribution in [-0.4, -0.2) is 17.5 Å². The molecule has 86 valence electrons. The number of nitrogens with zero attached hydrogens (tertiary/aromatic N) is 2. The van der Waals surface area contributed by atoms with Gasteiger partial charge in [0, 0.05) is 19.0 Å². The van der Waals surface area contributed by atoms with Crippen LogP contribution in [-0.2, 0) is 6.54 Å². The molecule has 1 heterocycles. The molecule has 0 bridgehead atoms. The van der Waals surface area contributed by atoms with Crippen molar-refractivity contribution in [3.63, 3.8) is 0 Å². The van der Waals surface area contributed by atoms with Gasteiger partial charge < -0.3 is 0 Å². The van der Waals surface area contributed by atoms with E-state index in [0.29, 0.717) is 6.42 Å². The van der Waals surface area contributed by atoms with Crippen molar-refractivity contribution in [2.75, 3.05) is 6.54 Å². The maximum Gasteiger partial charge on any atom is 0.0621 e. The Labute approximate surface area is 102 Å². The first-order chi connectivity index (χ1) is 7.90. The summed E-state index contributed by atoms with van der Waals surface area (Å²) in [6, 6.07) is 5.25. The van der Waals surface area contributed by atoms with Gasteiger partial charge in [0.2, 0.25) is 0 Å². The first kappa shape index (κ1) is 11.6. The lowest BCUT2D eigenvalue weighted by atomic mass is 10.2. The van der Waals surface area contributed by atoms with Crippen LogP contribution in [0.3, 0.4) is 0 Å². The van der Waals surface area contributed by atoms with E-state index in [-0.39, 0.29) is 0 Å². The van der Waals surface area contributed by atoms with Gasteiger partial charge in [0.05, 0.1) is 6.07 Å². The highest BCUT2D eigenvalue weighted by molar-refractivity contribution is 7.07. The molecule has 1 aliphatic rings. The van der Waals surface area contributed by atoms with Gasteiger partial charge in [-0.25, -0.2) is 0 Å². The summed E-state index contributed by atoms with van der Waals surface area (Å²) in [5.41, 5.74) is 1.44. The van der Waals surface area contributed by atoms with Crippen molar-refractivity contribution in [2.24, 2.45) is 0 Å². The molecular weight excluding hydrogens is 216 g/mol. The fourth-order valence-corrected chi connectivity index (χ4v) is 2.63. The van der Waals surface area contributed by atoms with E-state index in [1.165, 1.54) is 18.4 Å². The Kier molecular flexibility index (Phi) is 4.38. The molecule has 0 amide bonds. The largest absolute Gasteiger partial charge is 0.296 e. The first-order valence-corrected chi connectivity index (χ1v) is 6.96. The minimum absolute atomic E-state index is 0.705. The lowest BCUT2D eigenvalue weighted by Gasteiger charge is -2.21. The van der Waals surface area contributed by atoms with Gasteiger partial charge in [0.25, 0.3) is 0 Å². The van der Waals surface area contributed by atoms with Gasteiger partial charge in [-0.05, 0) is 54.6 Å². The van der Waals surface area contributed by atoms with E-state index in [0.717, 1.165) is 32.0 Å². The smallest absolute Gasteiger partial charge is 0.0621 e. The molecule has 0 aliphatic heterocycles. The predicted molar refractivity (Wildman–Crippen MR) is 67.2 cm³/mol. The summed E-state index contributed by atoms with van der Waals surface area (Å²) in [6.45, 7) is 2.25. The van der Waals surface area contributed by atoms with Crippen molar-refractivity contribution in [2.45, 2.75) is 44.7 Å². The van der Waals surface area contributed by atoms with Crippen LogP contribution >= 0.6 is 11.3 Å². The maximum atomic E-state index is 8.50. The predicted octanol–water partition coefficient (Wildman–Crippen LogP) is 3.41. The van der Waals surface area contributed by atoms with Gasteiger partial charge in [0.15, 0.2) is 0 Å². The van der Waals surface area contributed by atoms with Crippen molar-refractivity contribution in [3.8, 4) is 6.07 Å². The summed E-state index contributed by atoms with van der Waals surface area (Å²) in [4.78, 5) is 2.58. The molecule has 0 saturated heterocycles. The van der Waals surface area contributed by atoms with Crippen molar-refractivity contribution in [1.82, 2.24) is 4.90 Å². The minimum atomic E-state index is 0.705. The van der Waals surface area contributed by atoms with Crippen LogP contribution in [0.4, 0.5) is 0 Å². The summed E-state index contributed by atoms with van der Waals surface area (Å²) in [7, 11) is 0. The fourth-order valence-electron chi connectivity index (χ4n) is 1.97. The van der Waals surface area contributed by atoms with Gasteiger partial charge in [-0.1, -0.05) is 0 Å². The van der Waals surface area contributed by atoms with Gasteiger partial charge >= 0.3 is 0 Å². The molecule has 0 radical (unpaired) electrons. The minimum Gasteiger partial charge on any atom is -0.296 e. The first-order valence-electron chi connectivity index (χ1n) is 6.02. The van der Waals surface area contributed by atoms with E-state index in [9.17, 15) is 0 Å². The second-order valence-corrected chi connectivity index (χ2v) is 5.23. The van der Waals surface area contributed by atoms with E-state index in [2.05, 4.69) is 27.8 Å². The third kappa shape index (κ3) is 3.62. The van der Waals surface area contributed by atoms with Crippen LogP contribution < -0.4 is 0 Å². The highest BCUT2D eigenvalue weighted by Gasteiger charge is 2.28. The Morgan fingerprint density at radius 3 is 2.94 bits per heavy atom. The highest BCUT2D eigenvalue weighted by Crippen LogP contribution is 2.28. The average Bonchev–Trinajstić information content (AvgIpc) is 3.02. The van der Waals surface area contributed by atoms with E-state index in [1.807, 2.05) is 0 Å².